The molecule has 2 aromatic rings. The monoisotopic (exact) mass is 308 g/mol. The minimum Gasteiger partial charge on any atom is -0.434 e. The van der Waals surface area contributed by atoms with E-state index in [2.05, 4.69) is 15.3 Å². The minimum absolute atomic E-state index is 0.129. The second-order valence-corrected chi connectivity index (χ2v) is 4.56. The number of nitrogens with zero attached hydrogens (tertiary/aromatic N) is 3. The molecule has 8 heteroatoms. The van der Waals surface area contributed by atoms with E-state index in [4.69, 9.17) is 16.3 Å². The molecule has 7 nitrogen and oxygen atoms in total. The van der Waals surface area contributed by atoms with Crippen LogP contribution in [0.4, 0.5) is 11.6 Å². The van der Waals surface area contributed by atoms with Crippen molar-refractivity contribution in [2.75, 3.05) is 11.9 Å². The van der Waals surface area contributed by atoms with E-state index in [1.54, 1.807) is 24.3 Å². The molecule has 1 heterocycles. The molecule has 21 heavy (non-hydrogen) atoms. The lowest BCUT2D eigenvalue weighted by Crippen LogP contribution is -2.06. The van der Waals surface area contributed by atoms with Crippen LogP contribution in [0.25, 0.3) is 0 Å². The quantitative estimate of drug-likeness (QED) is 0.647. The van der Waals surface area contributed by atoms with Gasteiger partial charge in [0.15, 0.2) is 0 Å². The van der Waals surface area contributed by atoms with Crippen LogP contribution in [0.1, 0.15) is 13.3 Å². The van der Waals surface area contributed by atoms with Gasteiger partial charge in [0, 0.05) is 11.6 Å². The van der Waals surface area contributed by atoms with Gasteiger partial charge in [-0.05, 0) is 24.6 Å². The van der Waals surface area contributed by atoms with E-state index in [9.17, 15) is 10.1 Å². The molecule has 0 fully saturated rings. The van der Waals surface area contributed by atoms with Gasteiger partial charge in [0.1, 0.15) is 11.9 Å². The Hall–Kier alpha value is -2.41. The third-order valence-corrected chi connectivity index (χ3v) is 2.71. The molecule has 0 unspecified atom stereocenters. The molecule has 0 aliphatic rings. The lowest BCUT2D eigenvalue weighted by molar-refractivity contribution is -0.386. The normalized spacial score (nSPS) is 10.2. The van der Waals surface area contributed by atoms with Crippen LogP contribution in [0, 0.1) is 10.1 Å². The van der Waals surface area contributed by atoms with E-state index in [1.807, 2.05) is 6.92 Å². The number of anilines is 1. The fraction of sp³-hybridized carbons (Fsp3) is 0.231. The molecular formula is C13H13ClN4O3. The van der Waals surface area contributed by atoms with Crippen LogP contribution in [0.5, 0.6) is 11.6 Å². The first-order chi connectivity index (χ1) is 10.1. The highest BCUT2D eigenvalue weighted by Gasteiger charge is 2.19. The van der Waals surface area contributed by atoms with Crippen LogP contribution in [0.2, 0.25) is 5.02 Å². The Labute approximate surface area is 126 Å². The third-order valence-electron chi connectivity index (χ3n) is 2.48. The molecular weight excluding hydrogens is 296 g/mol. The molecule has 0 aliphatic heterocycles. The van der Waals surface area contributed by atoms with Crippen molar-refractivity contribution in [3.63, 3.8) is 0 Å². The molecule has 0 bridgehead atoms. The Kier molecular flexibility index (Phi) is 4.89. The number of ether oxygens (including phenoxy) is 1. The van der Waals surface area contributed by atoms with E-state index in [0.29, 0.717) is 17.3 Å². The van der Waals surface area contributed by atoms with Gasteiger partial charge in [0.05, 0.1) is 4.92 Å². The molecule has 2 rings (SSSR count). The standard InChI is InChI=1S/C13H13ClN4O3/c1-2-6-15-13-16-8-11(18(19)20)12(17-13)21-10-5-3-4-9(14)7-10/h3-5,7-8H,2,6H2,1H3,(H,15,16,17). The van der Waals surface area contributed by atoms with Crippen molar-refractivity contribution in [3.8, 4) is 11.6 Å². The summed E-state index contributed by atoms with van der Waals surface area (Å²) in [4.78, 5) is 18.3. The van der Waals surface area contributed by atoms with Gasteiger partial charge in [-0.15, -0.1) is 0 Å². The SMILES string of the molecule is CCCNc1ncc([N+](=O)[O-])c(Oc2cccc(Cl)c2)n1. The molecule has 1 aromatic carbocycles. The zero-order chi connectivity index (χ0) is 15.2. The maximum atomic E-state index is 11.0. The summed E-state index contributed by atoms with van der Waals surface area (Å²) in [5, 5.41) is 14.4. The Morgan fingerprint density at radius 2 is 2.29 bits per heavy atom. The van der Waals surface area contributed by atoms with E-state index >= 15 is 0 Å². The summed E-state index contributed by atoms with van der Waals surface area (Å²) in [6, 6.07) is 6.54. The Bertz CT molecular complexity index is 651. The van der Waals surface area contributed by atoms with Crippen molar-refractivity contribution in [1.29, 1.82) is 0 Å². The van der Waals surface area contributed by atoms with Gasteiger partial charge >= 0.3 is 11.6 Å². The van der Waals surface area contributed by atoms with Gasteiger partial charge in [-0.25, -0.2) is 4.98 Å². The zero-order valence-corrected chi connectivity index (χ0v) is 12.0. The molecule has 0 amide bonds. The largest absolute Gasteiger partial charge is 0.434 e. The average Bonchev–Trinajstić information content (AvgIpc) is 2.45. The van der Waals surface area contributed by atoms with Gasteiger partial charge in [0.25, 0.3) is 0 Å². The maximum Gasteiger partial charge on any atom is 0.349 e. The van der Waals surface area contributed by atoms with Crippen LogP contribution >= 0.6 is 11.6 Å². The van der Waals surface area contributed by atoms with Crippen LogP contribution in [-0.2, 0) is 0 Å². The number of halogens is 1. The summed E-state index contributed by atoms with van der Waals surface area (Å²) in [5.41, 5.74) is -0.308. The number of benzene rings is 1. The maximum absolute atomic E-state index is 11.0. The molecule has 0 radical (unpaired) electrons. The topological polar surface area (TPSA) is 90.2 Å². The first kappa shape index (κ1) is 15.0. The second-order valence-electron chi connectivity index (χ2n) is 4.13. The first-order valence-electron chi connectivity index (χ1n) is 6.29. The van der Waals surface area contributed by atoms with Crippen molar-refractivity contribution >= 4 is 23.2 Å². The molecule has 0 spiro atoms. The van der Waals surface area contributed by atoms with Gasteiger partial charge in [0.2, 0.25) is 5.95 Å². The predicted octanol–water partition coefficient (Wildman–Crippen LogP) is 3.65. The van der Waals surface area contributed by atoms with E-state index in [1.165, 1.54) is 0 Å². The lowest BCUT2D eigenvalue weighted by atomic mass is 10.3. The fourth-order valence-corrected chi connectivity index (χ4v) is 1.70. The molecule has 1 N–H and O–H groups in total. The molecule has 0 aliphatic carbocycles. The molecule has 0 saturated heterocycles. The summed E-state index contributed by atoms with van der Waals surface area (Å²) >= 11 is 5.85. The molecule has 110 valence electrons. The number of nitrogens with one attached hydrogen (secondary N) is 1. The first-order valence-corrected chi connectivity index (χ1v) is 6.66. The number of hydrogen-bond donors (Lipinski definition) is 1. The minimum atomic E-state index is -0.594. The fourth-order valence-electron chi connectivity index (χ4n) is 1.52. The highest BCUT2D eigenvalue weighted by molar-refractivity contribution is 6.30. The average molecular weight is 309 g/mol. The van der Waals surface area contributed by atoms with Gasteiger partial charge in [-0.3, -0.25) is 10.1 Å². The molecule has 0 saturated carbocycles. The van der Waals surface area contributed by atoms with Crippen LogP contribution in [-0.4, -0.2) is 21.4 Å². The Morgan fingerprint density at radius 1 is 1.48 bits per heavy atom. The number of aromatic nitrogens is 2. The lowest BCUT2D eigenvalue weighted by Gasteiger charge is -2.07. The van der Waals surface area contributed by atoms with Crippen LogP contribution < -0.4 is 10.1 Å². The van der Waals surface area contributed by atoms with Gasteiger partial charge in [-0.2, -0.15) is 4.98 Å². The summed E-state index contributed by atoms with van der Waals surface area (Å²) in [5.74, 6) is 0.515. The molecule has 1 aromatic heterocycles. The Morgan fingerprint density at radius 3 is 2.95 bits per heavy atom. The van der Waals surface area contributed by atoms with Crippen LogP contribution in [0.15, 0.2) is 30.5 Å². The summed E-state index contributed by atoms with van der Waals surface area (Å²) < 4.78 is 5.46. The second kappa shape index (κ2) is 6.85. The van der Waals surface area contributed by atoms with E-state index in [-0.39, 0.29) is 17.5 Å². The zero-order valence-electron chi connectivity index (χ0n) is 11.2. The highest BCUT2D eigenvalue weighted by atomic mass is 35.5. The van der Waals surface area contributed by atoms with E-state index < -0.39 is 4.92 Å². The third kappa shape index (κ3) is 4.03. The Balaban J connectivity index is 2.31. The number of rotatable bonds is 6. The summed E-state index contributed by atoms with van der Waals surface area (Å²) in [6.45, 7) is 2.65. The van der Waals surface area contributed by atoms with E-state index in [0.717, 1.165) is 12.6 Å². The summed E-state index contributed by atoms with van der Waals surface area (Å²) in [6.07, 6.45) is 2.00. The van der Waals surface area contributed by atoms with Crippen molar-refractivity contribution in [3.05, 3.63) is 45.6 Å². The van der Waals surface area contributed by atoms with Gasteiger partial charge < -0.3 is 10.1 Å². The summed E-state index contributed by atoms with van der Waals surface area (Å²) in [7, 11) is 0. The van der Waals surface area contributed by atoms with Crippen LogP contribution in [0.3, 0.4) is 0 Å². The predicted molar refractivity (Wildman–Crippen MR) is 79.0 cm³/mol. The molecule has 0 atom stereocenters. The number of hydrogen-bond acceptors (Lipinski definition) is 6. The van der Waals surface area contributed by atoms with Crippen molar-refractivity contribution in [2.45, 2.75) is 13.3 Å². The highest BCUT2D eigenvalue weighted by Crippen LogP contribution is 2.30. The van der Waals surface area contributed by atoms with Gasteiger partial charge in [-0.1, -0.05) is 24.6 Å². The van der Waals surface area contributed by atoms with Crippen molar-refractivity contribution in [1.82, 2.24) is 9.97 Å². The van der Waals surface area contributed by atoms with Crippen molar-refractivity contribution < 1.29 is 9.66 Å². The number of nitro groups is 1. The smallest absolute Gasteiger partial charge is 0.349 e. The van der Waals surface area contributed by atoms with Crippen molar-refractivity contribution in [2.24, 2.45) is 0 Å².